The molecule has 6 nitrogen and oxygen atoms in total. The fraction of sp³-hybridized carbons (Fsp3) is 0.943. The Kier molecular flexibility index (Phi) is 10.9. The summed E-state index contributed by atoms with van der Waals surface area (Å²) in [5.41, 5.74) is 0.377. The smallest absolute Gasteiger partial charge is 0.303 e. The molecule has 0 N–H and O–H groups in total. The number of likely N-dealkylation sites (N-methyl/N-ethyl adjacent to an activating group) is 2. The van der Waals surface area contributed by atoms with Crippen LogP contribution in [0.3, 0.4) is 0 Å². The minimum atomic E-state index is -0.0998. The molecule has 0 aromatic carbocycles. The molecule has 6 rings (SSSR count). The molecule has 0 bridgehead atoms. The van der Waals surface area contributed by atoms with Gasteiger partial charge in [0, 0.05) is 32.1 Å². The number of quaternary nitrogens is 2. The number of esters is 2. The summed E-state index contributed by atoms with van der Waals surface area (Å²) in [7, 11) is 4.94. The molecular formula is C35H60Br2N2O4. The Bertz CT molecular complexity index is 1010. The number of carbonyl (C=O) groups excluding carboxylic acids is 2. The van der Waals surface area contributed by atoms with Crippen LogP contribution in [0.2, 0.25) is 0 Å². The number of carbonyl (C=O) groups is 2. The molecule has 0 radical (unpaired) electrons. The molecule has 0 amide bonds. The van der Waals surface area contributed by atoms with Crippen molar-refractivity contribution in [2.75, 3.05) is 40.3 Å². The van der Waals surface area contributed by atoms with Crippen LogP contribution >= 0.6 is 0 Å². The maximum atomic E-state index is 12.5. The van der Waals surface area contributed by atoms with E-state index >= 15 is 0 Å². The number of halogens is 2. The molecule has 0 aromatic rings. The molecule has 2 heterocycles. The summed E-state index contributed by atoms with van der Waals surface area (Å²) in [6.45, 7) is 13.3. The van der Waals surface area contributed by atoms with Gasteiger partial charge in [-0.25, -0.2) is 0 Å². The summed E-state index contributed by atoms with van der Waals surface area (Å²) in [4.78, 5) is 24.8. The van der Waals surface area contributed by atoms with Crippen molar-refractivity contribution in [1.29, 1.82) is 0 Å². The fourth-order valence-corrected chi connectivity index (χ4v) is 12.3. The number of rotatable bonds is 4. The summed E-state index contributed by atoms with van der Waals surface area (Å²) in [6.07, 6.45) is 16.4. The molecular weight excluding hydrogens is 672 g/mol. The lowest BCUT2D eigenvalue weighted by atomic mass is 9.44. The van der Waals surface area contributed by atoms with Crippen molar-refractivity contribution < 1.29 is 62.0 Å². The highest BCUT2D eigenvalue weighted by molar-refractivity contribution is 5.66. The van der Waals surface area contributed by atoms with Crippen LogP contribution in [0.1, 0.15) is 111 Å². The normalized spacial score (nSPS) is 44.7. The quantitative estimate of drug-likeness (QED) is 0.305. The predicted molar refractivity (Wildman–Crippen MR) is 161 cm³/mol. The zero-order valence-electron chi connectivity index (χ0n) is 27.9. The number of likely N-dealkylation sites (tertiary alicyclic amines) is 2. The average molecular weight is 733 g/mol. The van der Waals surface area contributed by atoms with E-state index in [0.717, 1.165) is 21.3 Å². The van der Waals surface area contributed by atoms with E-state index in [1.54, 1.807) is 13.8 Å². The van der Waals surface area contributed by atoms with Gasteiger partial charge in [-0.3, -0.25) is 9.59 Å². The van der Waals surface area contributed by atoms with Crippen LogP contribution in [-0.4, -0.2) is 85.5 Å². The predicted octanol–water partition coefficient (Wildman–Crippen LogP) is 0.119. The van der Waals surface area contributed by atoms with E-state index in [1.807, 2.05) is 0 Å². The van der Waals surface area contributed by atoms with Crippen LogP contribution in [0.4, 0.5) is 0 Å². The largest absolute Gasteiger partial charge is 1.00 e. The Morgan fingerprint density at radius 2 is 1.23 bits per heavy atom. The van der Waals surface area contributed by atoms with Crippen LogP contribution in [-0.2, 0) is 19.1 Å². The van der Waals surface area contributed by atoms with E-state index in [1.165, 1.54) is 103 Å². The first-order chi connectivity index (χ1) is 19.4. The summed E-state index contributed by atoms with van der Waals surface area (Å²) in [5, 5.41) is 0. The Labute approximate surface area is 283 Å². The molecule has 6 aliphatic rings. The summed E-state index contributed by atoms with van der Waals surface area (Å²) < 4.78 is 14.7. The van der Waals surface area contributed by atoms with Crippen LogP contribution in [0.15, 0.2) is 0 Å². The molecule has 0 spiro atoms. The van der Waals surface area contributed by atoms with Gasteiger partial charge < -0.3 is 52.4 Å². The lowest BCUT2D eigenvalue weighted by Crippen LogP contribution is -3.00. The topological polar surface area (TPSA) is 52.6 Å². The second kappa shape index (κ2) is 13.1. The summed E-state index contributed by atoms with van der Waals surface area (Å²) in [6, 6.07) is 0.846. The first-order valence-corrected chi connectivity index (χ1v) is 17.4. The van der Waals surface area contributed by atoms with Crippen LogP contribution in [0.25, 0.3) is 0 Å². The fourth-order valence-electron chi connectivity index (χ4n) is 12.3. The SMILES string of the molecule is CC(=O)O[C@H]1C[C@@H]2CC[C@@H]3[C@@H](CC[C@]4(C)[C@H](OC(C)=O)[C@@H]([N+]5(C)CCCCC5)C[C@@H]34)[C@@]2(C)C[C@@H]1[N+]1(C)CCCCC1.[Br-].[Br-]. The van der Waals surface area contributed by atoms with Crippen molar-refractivity contribution in [1.82, 2.24) is 0 Å². The Hall–Kier alpha value is -0.180. The third-order valence-electron chi connectivity index (χ3n) is 14.5. The van der Waals surface area contributed by atoms with E-state index in [9.17, 15) is 9.59 Å². The Balaban J connectivity index is 0.00000212. The monoisotopic (exact) mass is 730 g/mol. The summed E-state index contributed by atoms with van der Waals surface area (Å²) in [5.74, 6) is 2.52. The minimum Gasteiger partial charge on any atom is -1.00 e. The second-order valence-electron chi connectivity index (χ2n) is 16.7. The second-order valence-corrected chi connectivity index (χ2v) is 16.7. The van der Waals surface area contributed by atoms with Crippen molar-refractivity contribution in [3.8, 4) is 0 Å². The third-order valence-corrected chi connectivity index (χ3v) is 14.5. The van der Waals surface area contributed by atoms with Crippen molar-refractivity contribution in [2.45, 2.75) is 135 Å². The van der Waals surface area contributed by atoms with Crippen LogP contribution in [0.5, 0.6) is 0 Å². The van der Waals surface area contributed by atoms with Gasteiger partial charge in [0.15, 0.2) is 12.2 Å². The standard InChI is InChI=1S/C35H60N2O4.2BrH/c1-24(38)40-32-21-26-13-14-27-28(35(26,4)23-31(32)37(6)19-11-8-12-20-37)15-16-34(3)29(27)22-30(33(34)41-25(2)39)36(5)17-9-7-10-18-36;;/h26-33H,7-23H2,1-6H3;2*1H/q+2;;/p-2/t26-,27+,28+,29-,30-,31-,32-,33+,34-,35-;;/m0../s1. The highest BCUT2D eigenvalue weighted by atomic mass is 79.9. The molecule has 0 aromatic heterocycles. The van der Waals surface area contributed by atoms with E-state index in [2.05, 4.69) is 27.9 Å². The lowest BCUT2D eigenvalue weighted by Gasteiger charge is -2.63. The molecule has 248 valence electrons. The number of hydrogen-bond acceptors (Lipinski definition) is 4. The third kappa shape index (κ3) is 6.15. The lowest BCUT2D eigenvalue weighted by molar-refractivity contribution is -0.943. The molecule has 2 aliphatic heterocycles. The number of ether oxygens (including phenoxy) is 2. The molecule has 4 aliphatic carbocycles. The zero-order valence-corrected chi connectivity index (χ0v) is 31.1. The maximum Gasteiger partial charge on any atom is 0.303 e. The number of nitrogens with zero attached hydrogens (tertiary/aromatic N) is 2. The first-order valence-electron chi connectivity index (χ1n) is 17.4. The summed E-state index contributed by atoms with van der Waals surface area (Å²) >= 11 is 0. The molecule has 10 atom stereocenters. The molecule has 0 unspecified atom stereocenters. The van der Waals surface area contributed by atoms with Crippen LogP contribution in [0, 0.1) is 34.5 Å². The van der Waals surface area contributed by atoms with E-state index in [0.29, 0.717) is 35.3 Å². The van der Waals surface area contributed by atoms with Crippen LogP contribution < -0.4 is 34.0 Å². The molecule has 43 heavy (non-hydrogen) atoms. The molecule has 4 saturated carbocycles. The molecule has 8 heteroatoms. The highest BCUT2D eigenvalue weighted by Crippen LogP contribution is 2.68. The molecule has 6 fully saturated rings. The van der Waals surface area contributed by atoms with Gasteiger partial charge in [0.25, 0.3) is 0 Å². The van der Waals surface area contributed by atoms with Gasteiger partial charge >= 0.3 is 11.9 Å². The van der Waals surface area contributed by atoms with Crippen molar-refractivity contribution >= 4 is 11.9 Å². The Morgan fingerprint density at radius 3 is 1.79 bits per heavy atom. The number of fused-ring (bicyclic) bond motifs is 5. The Morgan fingerprint density at radius 1 is 0.674 bits per heavy atom. The first kappa shape index (κ1) is 35.7. The maximum absolute atomic E-state index is 12.5. The van der Waals surface area contributed by atoms with Crippen molar-refractivity contribution in [2.24, 2.45) is 34.5 Å². The average Bonchev–Trinajstić information content (AvgIpc) is 3.21. The van der Waals surface area contributed by atoms with Gasteiger partial charge in [0.05, 0.1) is 40.3 Å². The minimum absolute atomic E-state index is 0. The number of hydrogen-bond donors (Lipinski definition) is 0. The zero-order chi connectivity index (χ0) is 29.2. The van der Waals surface area contributed by atoms with E-state index in [4.69, 9.17) is 9.47 Å². The van der Waals surface area contributed by atoms with E-state index in [-0.39, 0.29) is 63.5 Å². The van der Waals surface area contributed by atoms with Gasteiger partial charge in [-0.1, -0.05) is 13.8 Å². The number of piperidine rings is 2. The van der Waals surface area contributed by atoms with Gasteiger partial charge in [-0.05, 0) is 99.7 Å². The van der Waals surface area contributed by atoms with Gasteiger partial charge in [0.2, 0.25) is 0 Å². The van der Waals surface area contributed by atoms with Gasteiger partial charge in [-0.2, -0.15) is 0 Å². The highest BCUT2D eigenvalue weighted by Gasteiger charge is 2.68. The van der Waals surface area contributed by atoms with Crippen molar-refractivity contribution in [3.05, 3.63) is 0 Å². The van der Waals surface area contributed by atoms with Crippen molar-refractivity contribution in [3.63, 3.8) is 0 Å². The van der Waals surface area contributed by atoms with E-state index < -0.39 is 0 Å². The molecule has 2 saturated heterocycles. The van der Waals surface area contributed by atoms with Gasteiger partial charge in [0.1, 0.15) is 12.1 Å². The van der Waals surface area contributed by atoms with Gasteiger partial charge in [-0.15, -0.1) is 0 Å².